The molecule has 0 radical (unpaired) electrons. The number of aryl methyl sites for hydroxylation is 2. The van der Waals surface area contributed by atoms with Crippen LogP contribution >= 0.6 is 0 Å². The Hall–Kier alpha value is -3.68. The monoisotopic (exact) mass is 422 g/mol. The second kappa shape index (κ2) is 8.22. The lowest BCUT2D eigenvalue weighted by atomic mass is 9.95. The second-order valence-corrected chi connectivity index (χ2v) is 7.85. The van der Waals surface area contributed by atoms with Gasteiger partial charge in [0.1, 0.15) is 12.1 Å². The van der Waals surface area contributed by atoms with Crippen molar-refractivity contribution in [3.63, 3.8) is 0 Å². The molecule has 8 heteroatoms. The molecule has 2 N–H and O–H groups in total. The van der Waals surface area contributed by atoms with Crippen LogP contribution in [0.2, 0.25) is 0 Å². The smallest absolute Gasteiger partial charge is 0.336 e. The molecule has 2 saturated heterocycles. The molecule has 0 aliphatic carbocycles. The predicted molar refractivity (Wildman–Crippen MR) is 111 cm³/mol. The Labute approximate surface area is 178 Å². The number of carbonyl (C=O) groups excluding carboxylic acids is 4. The number of anilines is 2. The SMILES string of the molecule is Cc1cc(NC2CC(=O)OC2=O)cc(C)c1Cc1ccc(NC2CC(=O)OC2=O)cc1. The van der Waals surface area contributed by atoms with E-state index in [-0.39, 0.29) is 12.8 Å². The van der Waals surface area contributed by atoms with Crippen molar-refractivity contribution in [1.29, 1.82) is 0 Å². The van der Waals surface area contributed by atoms with E-state index in [0.717, 1.165) is 28.1 Å². The van der Waals surface area contributed by atoms with E-state index >= 15 is 0 Å². The maximum absolute atomic E-state index is 11.7. The summed E-state index contributed by atoms with van der Waals surface area (Å²) in [6.45, 7) is 4.01. The fourth-order valence-electron chi connectivity index (χ4n) is 3.85. The summed E-state index contributed by atoms with van der Waals surface area (Å²) in [5, 5.41) is 6.09. The second-order valence-electron chi connectivity index (χ2n) is 7.85. The molecule has 2 fully saturated rings. The maximum atomic E-state index is 11.7. The van der Waals surface area contributed by atoms with E-state index in [0.29, 0.717) is 6.42 Å². The molecule has 2 unspecified atom stereocenters. The van der Waals surface area contributed by atoms with E-state index in [9.17, 15) is 19.2 Å². The fraction of sp³-hybridized carbons (Fsp3) is 0.304. The van der Waals surface area contributed by atoms with Crippen molar-refractivity contribution in [2.24, 2.45) is 0 Å². The standard InChI is InChI=1S/C23H22N2O6/c1-12-7-16(25-19-11-21(27)31-23(19)29)8-13(2)17(12)9-14-3-5-15(6-4-14)24-18-10-20(26)30-22(18)28/h3-8,18-19,24-25H,9-11H2,1-2H3. The molecule has 0 bridgehead atoms. The Balaban J connectivity index is 1.43. The van der Waals surface area contributed by atoms with E-state index in [4.69, 9.17) is 0 Å². The fourth-order valence-corrected chi connectivity index (χ4v) is 3.85. The van der Waals surface area contributed by atoms with Gasteiger partial charge in [0.05, 0.1) is 12.8 Å². The molecule has 0 aromatic heterocycles. The Morgan fingerprint density at radius 2 is 1.26 bits per heavy atom. The molecular weight excluding hydrogens is 400 g/mol. The van der Waals surface area contributed by atoms with Crippen LogP contribution in [0, 0.1) is 13.8 Å². The van der Waals surface area contributed by atoms with Crippen LogP contribution in [0.3, 0.4) is 0 Å². The largest absolute Gasteiger partial charge is 0.392 e. The highest BCUT2D eigenvalue weighted by molar-refractivity contribution is 5.99. The van der Waals surface area contributed by atoms with E-state index in [1.54, 1.807) is 0 Å². The Bertz CT molecular complexity index is 1050. The number of carbonyl (C=O) groups is 4. The molecule has 0 saturated carbocycles. The summed E-state index contributed by atoms with van der Waals surface area (Å²) in [4.78, 5) is 45.7. The number of rotatable bonds is 6. The lowest BCUT2D eigenvalue weighted by Crippen LogP contribution is -2.24. The number of hydrogen-bond donors (Lipinski definition) is 2. The maximum Gasteiger partial charge on any atom is 0.336 e. The van der Waals surface area contributed by atoms with E-state index in [2.05, 4.69) is 20.1 Å². The molecule has 2 heterocycles. The van der Waals surface area contributed by atoms with Gasteiger partial charge in [-0.2, -0.15) is 0 Å². The summed E-state index contributed by atoms with van der Waals surface area (Å²) in [6.07, 6.45) is 0.782. The Morgan fingerprint density at radius 3 is 1.71 bits per heavy atom. The zero-order chi connectivity index (χ0) is 22.1. The van der Waals surface area contributed by atoms with Crippen LogP contribution in [0.1, 0.15) is 35.1 Å². The quantitative estimate of drug-likeness (QED) is 0.539. The van der Waals surface area contributed by atoms with Gasteiger partial charge >= 0.3 is 23.9 Å². The average molecular weight is 422 g/mol. The highest BCUT2D eigenvalue weighted by Gasteiger charge is 2.34. The van der Waals surface area contributed by atoms with Crippen LogP contribution < -0.4 is 10.6 Å². The molecule has 2 aliphatic rings. The van der Waals surface area contributed by atoms with Crippen LogP contribution in [0.5, 0.6) is 0 Å². The first-order valence-corrected chi connectivity index (χ1v) is 9.99. The molecule has 0 amide bonds. The molecule has 4 rings (SSSR count). The van der Waals surface area contributed by atoms with Crippen LogP contribution in [-0.2, 0) is 35.1 Å². The van der Waals surface area contributed by atoms with Gasteiger partial charge in [-0.15, -0.1) is 0 Å². The number of ether oxygens (including phenoxy) is 2. The van der Waals surface area contributed by atoms with Crippen LogP contribution in [0.4, 0.5) is 11.4 Å². The molecule has 2 atom stereocenters. The first-order valence-electron chi connectivity index (χ1n) is 9.99. The lowest BCUT2D eigenvalue weighted by Gasteiger charge is -2.16. The summed E-state index contributed by atoms with van der Waals surface area (Å²) in [5.41, 5.74) is 5.90. The minimum absolute atomic E-state index is 0.0335. The highest BCUT2D eigenvalue weighted by atomic mass is 16.6. The predicted octanol–water partition coefficient (Wildman–Crippen LogP) is 2.40. The van der Waals surface area contributed by atoms with Crippen molar-refractivity contribution in [1.82, 2.24) is 0 Å². The van der Waals surface area contributed by atoms with Crippen LogP contribution in [-0.4, -0.2) is 36.0 Å². The summed E-state index contributed by atoms with van der Waals surface area (Å²) < 4.78 is 9.13. The summed E-state index contributed by atoms with van der Waals surface area (Å²) in [7, 11) is 0. The van der Waals surface area contributed by atoms with Crippen molar-refractivity contribution in [2.45, 2.75) is 45.2 Å². The van der Waals surface area contributed by atoms with E-state index in [1.807, 2.05) is 50.2 Å². The zero-order valence-corrected chi connectivity index (χ0v) is 17.2. The van der Waals surface area contributed by atoms with Gasteiger partial charge in [0.15, 0.2) is 0 Å². The van der Waals surface area contributed by atoms with E-state index in [1.165, 1.54) is 5.56 Å². The van der Waals surface area contributed by atoms with Gasteiger partial charge < -0.3 is 20.1 Å². The first-order chi connectivity index (χ1) is 14.8. The molecule has 2 aromatic rings. The topological polar surface area (TPSA) is 111 Å². The molecule has 0 spiro atoms. The third-order valence-electron chi connectivity index (χ3n) is 5.45. The molecule has 160 valence electrons. The van der Waals surface area contributed by atoms with Gasteiger partial charge in [-0.1, -0.05) is 12.1 Å². The summed E-state index contributed by atoms with van der Waals surface area (Å²) in [6, 6.07) is 10.3. The van der Waals surface area contributed by atoms with E-state index < -0.39 is 36.0 Å². The van der Waals surface area contributed by atoms with Crippen molar-refractivity contribution >= 4 is 35.3 Å². The van der Waals surface area contributed by atoms with Crippen LogP contribution in [0.25, 0.3) is 0 Å². The average Bonchev–Trinajstić information content (AvgIpc) is 3.19. The van der Waals surface area contributed by atoms with Gasteiger partial charge in [0.25, 0.3) is 0 Å². The number of hydrogen-bond acceptors (Lipinski definition) is 8. The van der Waals surface area contributed by atoms with Crippen molar-refractivity contribution < 1.29 is 28.7 Å². The van der Waals surface area contributed by atoms with Crippen molar-refractivity contribution in [2.75, 3.05) is 10.6 Å². The normalized spacial score (nSPS) is 20.6. The van der Waals surface area contributed by atoms with Gasteiger partial charge in [-0.3, -0.25) is 9.59 Å². The summed E-state index contributed by atoms with van der Waals surface area (Å²) in [5.74, 6) is -2.13. The minimum atomic E-state index is -0.648. The van der Waals surface area contributed by atoms with Crippen molar-refractivity contribution in [3.05, 3.63) is 58.7 Å². The highest BCUT2D eigenvalue weighted by Crippen LogP contribution is 2.25. The molecule has 8 nitrogen and oxygen atoms in total. The summed E-state index contributed by atoms with van der Waals surface area (Å²) >= 11 is 0. The Kier molecular flexibility index (Phi) is 5.46. The van der Waals surface area contributed by atoms with Crippen molar-refractivity contribution in [3.8, 4) is 0 Å². The third kappa shape index (κ3) is 4.58. The number of esters is 4. The third-order valence-corrected chi connectivity index (χ3v) is 5.45. The molecule has 2 aliphatic heterocycles. The van der Waals surface area contributed by atoms with Gasteiger partial charge in [-0.05, 0) is 66.8 Å². The number of cyclic esters (lactones) is 4. The van der Waals surface area contributed by atoms with Gasteiger partial charge in [0.2, 0.25) is 0 Å². The zero-order valence-electron chi connectivity index (χ0n) is 17.2. The first kappa shape index (κ1) is 20.6. The number of benzene rings is 2. The minimum Gasteiger partial charge on any atom is -0.392 e. The van der Waals surface area contributed by atoms with Gasteiger partial charge in [-0.25, -0.2) is 9.59 Å². The molecular formula is C23H22N2O6. The van der Waals surface area contributed by atoms with Crippen LogP contribution in [0.15, 0.2) is 36.4 Å². The molecule has 31 heavy (non-hydrogen) atoms. The lowest BCUT2D eigenvalue weighted by molar-refractivity contribution is -0.154. The molecule has 2 aromatic carbocycles. The van der Waals surface area contributed by atoms with Gasteiger partial charge in [0, 0.05) is 11.4 Å². The number of nitrogens with one attached hydrogen (secondary N) is 2. The Morgan fingerprint density at radius 1 is 0.774 bits per heavy atom.